The molecule has 0 aromatic heterocycles. The summed E-state index contributed by atoms with van der Waals surface area (Å²) in [6.45, 7) is 0. The van der Waals surface area contributed by atoms with Gasteiger partial charge in [0.25, 0.3) is 0 Å². The second-order valence-corrected chi connectivity index (χ2v) is 14.2. The summed E-state index contributed by atoms with van der Waals surface area (Å²) in [6.07, 6.45) is 0. The molecule has 0 fully saturated rings. The Morgan fingerprint density at radius 3 is 0.558 bits per heavy atom. The molecule has 0 N–H and O–H groups in total. The third kappa shape index (κ3) is 11.3. The fourth-order valence-electron chi connectivity index (χ4n) is 4.36. The molecule has 0 heterocycles. The summed E-state index contributed by atoms with van der Waals surface area (Å²) in [6, 6.07) is 64.7. The molecule has 0 unspecified atom stereocenters. The summed E-state index contributed by atoms with van der Waals surface area (Å²) >= 11 is 8.80. The average Bonchev–Trinajstić information content (AvgIpc) is 3.05. The molecule has 0 aliphatic carbocycles. The van der Waals surface area contributed by atoms with E-state index in [0.29, 0.717) is 0 Å². The summed E-state index contributed by atoms with van der Waals surface area (Å²) in [5.41, 5.74) is 0. The summed E-state index contributed by atoms with van der Waals surface area (Å²) in [7, 11) is -0.892. The number of benzene rings is 6. The van der Waals surface area contributed by atoms with Crippen LogP contribution in [0.25, 0.3) is 0 Å². The molecule has 1 nitrogen and oxygen atoms in total. The Labute approximate surface area is 280 Å². The van der Waals surface area contributed by atoms with Crippen molar-refractivity contribution < 1.29 is 24.9 Å². The second kappa shape index (κ2) is 19.4. The monoisotopic (exact) mass is 815 g/mol. The van der Waals surface area contributed by atoms with E-state index in [1.807, 2.05) is 0 Å². The van der Waals surface area contributed by atoms with Gasteiger partial charge in [0, 0.05) is 20.1 Å². The first-order chi connectivity index (χ1) is 20.6. The van der Waals surface area contributed by atoms with Crippen LogP contribution in [0.1, 0.15) is 0 Å². The van der Waals surface area contributed by atoms with Crippen LogP contribution in [0.4, 0.5) is 4.79 Å². The summed E-state index contributed by atoms with van der Waals surface area (Å²) in [4.78, 5) is 8.98. The first-order valence-corrected chi connectivity index (χ1v) is 16.8. The van der Waals surface area contributed by atoms with Crippen LogP contribution < -0.4 is 31.8 Å². The van der Waals surface area contributed by atoms with Crippen LogP contribution >= 0.6 is 39.0 Å². The van der Waals surface area contributed by atoms with E-state index in [4.69, 9.17) is 4.79 Å². The van der Waals surface area contributed by atoms with Gasteiger partial charge in [0.2, 0.25) is 0 Å². The van der Waals surface area contributed by atoms with Crippen molar-refractivity contribution in [2.75, 3.05) is 0 Å². The summed E-state index contributed by atoms with van der Waals surface area (Å²) in [5.74, 6) is 0. The predicted octanol–water partition coefficient (Wildman–Crippen LogP) is 8.47. The minimum atomic E-state index is -0.889. The second-order valence-electron chi connectivity index (χ2n) is 8.91. The first kappa shape index (κ1) is 34.6. The van der Waals surface area contributed by atoms with Crippen LogP contribution in [0.3, 0.4) is 0 Å². The van der Waals surface area contributed by atoms with Crippen molar-refractivity contribution in [3.05, 3.63) is 182 Å². The number of rotatable bonds is 6. The van der Waals surface area contributed by atoms with Crippen LogP contribution in [0.15, 0.2) is 182 Å². The van der Waals surface area contributed by atoms with Gasteiger partial charge < -0.3 is 0 Å². The van der Waals surface area contributed by atoms with Gasteiger partial charge in [-0.05, 0) is 70.9 Å². The van der Waals surface area contributed by atoms with Crippen molar-refractivity contribution in [2.45, 2.75) is 0 Å². The third-order valence-electron chi connectivity index (χ3n) is 6.09. The van der Waals surface area contributed by atoms with E-state index >= 15 is 0 Å². The van der Waals surface area contributed by atoms with E-state index in [1.54, 1.807) is 0 Å². The van der Waals surface area contributed by atoms with Gasteiger partial charge in [-0.2, -0.15) is 0 Å². The van der Waals surface area contributed by atoms with Crippen molar-refractivity contribution in [3.63, 3.8) is 0 Å². The van der Waals surface area contributed by atoms with Gasteiger partial charge in [0.05, 0.1) is 0 Å². The van der Waals surface area contributed by atoms with Gasteiger partial charge in [0.15, 0.2) is 0 Å². The molecule has 0 aliphatic rings. The molecule has 6 heteroatoms. The largest absolute Gasteiger partial charge is 0.313 e. The van der Waals surface area contributed by atoms with Crippen LogP contribution in [-0.4, -0.2) is 4.70 Å². The smallest absolute Gasteiger partial charge is 0.262 e. The molecular formula is C37H30Cl2IrOP2. The van der Waals surface area contributed by atoms with Crippen molar-refractivity contribution >= 4 is 75.6 Å². The van der Waals surface area contributed by atoms with E-state index in [1.165, 1.54) is 31.8 Å². The molecule has 43 heavy (non-hydrogen) atoms. The zero-order valence-electron chi connectivity index (χ0n) is 23.2. The Hall–Kier alpha value is -2.92. The topological polar surface area (TPSA) is 17.1 Å². The first-order valence-electron chi connectivity index (χ1n) is 13.4. The van der Waals surface area contributed by atoms with E-state index in [2.05, 4.69) is 205 Å². The number of carbonyl (C=O) groups excluding carboxylic acids is 1. The van der Waals surface area contributed by atoms with Crippen LogP contribution in [0, 0.1) is 0 Å². The van der Waals surface area contributed by atoms with Crippen LogP contribution in [0.5, 0.6) is 0 Å². The number of carbonyl (C=O) groups is 1. The van der Waals surface area contributed by atoms with Gasteiger partial charge in [0.1, 0.15) is 0 Å². The van der Waals surface area contributed by atoms with E-state index in [9.17, 15) is 0 Å². The summed E-state index contributed by atoms with van der Waals surface area (Å²) < 4.78 is -0.889. The molecule has 6 aromatic rings. The van der Waals surface area contributed by atoms with Gasteiger partial charge >= 0.3 is 4.70 Å². The molecule has 0 bridgehead atoms. The molecule has 0 atom stereocenters. The number of hydrogen-bond donors (Lipinski definition) is 0. The van der Waals surface area contributed by atoms with E-state index < -0.39 is 20.5 Å². The van der Waals surface area contributed by atoms with Gasteiger partial charge in [-0.25, -0.2) is 0 Å². The van der Waals surface area contributed by atoms with E-state index in [0.717, 1.165) is 0 Å². The maximum absolute atomic E-state index is 8.98. The molecule has 6 aromatic carbocycles. The standard InChI is InChI=1S/2C18H15P.CCl2O.Ir/c2*1-4-10-16(11-5-1)19(17-12-6-2-7-13-17)18-14-8-3-9-15-18;2-1(3)4;/h2*1-15H;;. The van der Waals surface area contributed by atoms with Gasteiger partial charge in [-0.3, -0.25) is 4.79 Å². The van der Waals surface area contributed by atoms with Crippen molar-refractivity contribution in [2.24, 2.45) is 0 Å². The Kier molecular flexibility index (Phi) is 15.6. The summed E-state index contributed by atoms with van der Waals surface area (Å²) in [5, 5.41) is 8.39. The zero-order chi connectivity index (χ0) is 29.4. The fraction of sp³-hybridized carbons (Fsp3) is 0. The minimum absolute atomic E-state index is 0. The van der Waals surface area contributed by atoms with Crippen molar-refractivity contribution in [3.8, 4) is 0 Å². The number of halogens is 2. The molecular weight excluding hydrogens is 785 g/mol. The maximum atomic E-state index is 8.98. The Bertz CT molecular complexity index is 1280. The molecule has 0 aliphatic heterocycles. The maximum Gasteiger partial charge on any atom is 0.313 e. The molecule has 6 rings (SSSR count). The quantitative estimate of drug-likeness (QED) is 0.122. The van der Waals surface area contributed by atoms with Gasteiger partial charge in [-0.15, -0.1) is 0 Å². The van der Waals surface area contributed by atoms with Crippen molar-refractivity contribution in [1.82, 2.24) is 0 Å². The van der Waals surface area contributed by atoms with Gasteiger partial charge in [-0.1, -0.05) is 182 Å². The molecule has 0 amide bonds. The zero-order valence-corrected chi connectivity index (χ0v) is 28.9. The Balaban J connectivity index is 0.000000206. The van der Waals surface area contributed by atoms with Crippen LogP contribution in [0.2, 0.25) is 0 Å². The van der Waals surface area contributed by atoms with Crippen LogP contribution in [-0.2, 0) is 20.1 Å². The van der Waals surface area contributed by atoms with Crippen molar-refractivity contribution in [1.29, 1.82) is 0 Å². The molecule has 1 radical (unpaired) electrons. The minimum Gasteiger partial charge on any atom is -0.262 e. The Morgan fingerprint density at radius 2 is 0.442 bits per heavy atom. The third-order valence-corrected chi connectivity index (χ3v) is 11.0. The molecule has 0 spiro atoms. The molecule has 0 saturated heterocycles. The SMILES string of the molecule is O=C(Cl)Cl.[Ir].c1ccc(P(c2ccccc2)c2ccccc2)cc1.c1ccc(P(c2ccccc2)c2ccccc2)cc1. The molecule has 0 saturated carbocycles. The Morgan fingerprint density at radius 1 is 0.326 bits per heavy atom. The normalized spacial score (nSPS) is 9.95. The average molecular weight is 816 g/mol. The molecule has 217 valence electrons. The fourth-order valence-corrected chi connectivity index (χ4v) is 8.97. The predicted molar refractivity (Wildman–Crippen MR) is 187 cm³/mol. The van der Waals surface area contributed by atoms with E-state index in [-0.39, 0.29) is 20.1 Å². The number of hydrogen-bond acceptors (Lipinski definition) is 1.